The summed E-state index contributed by atoms with van der Waals surface area (Å²) in [5, 5.41) is 18.5. The fourth-order valence-corrected chi connectivity index (χ4v) is 3.91. The number of thiophene rings is 1. The van der Waals surface area contributed by atoms with E-state index in [1.54, 1.807) is 24.4 Å². The van der Waals surface area contributed by atoms with Crippen molar-refractivity contribution in [2.75, 3.05) is 10.6 Å². The van der Waals surface area contributed by atoms with Crippen molar-refractivity contribution >= 4 is 51.0 Å². The molecule has 27 heavy (non-hydrogen) atoms. The summed E-state index contributed by atoms with van der Waals surface area (Å²) in [6.45, 7) is 3.04. The molecule has 0 unspecified atom stereocenters. The standard InChI is InChI=1S/C17H14N4O4S2/c1-9-14(21(24)25)7-15(27-9)16(23)20-17-19-13(8-26-17)11-3-5-12(6-4-11)18-10(2)22/h3-8H,1-2H3,(H,18,22)(H,19,20,23). The van der Waals surface area contributed by atoms with E-state index in [0.717, 1.165) is 16.9 Å². The minimum atomic E-state index is -0.505. The molecule has 2 amide bonds. The minimum Gasteiger partial charge on any atom is -0.326 e. The number of benzene rings is 1. The Morgan fingerprint density at radius 2 is 1.89 bits per heavy atom. The number of carbonyl (C=O) groups excluding carboxylic acids is 2. The third-order valence-electron chi connectivity index (χ3n) is 3.54. The van der Waals surface area contributed by atoms with E-state index in [-0.39, 0.29) is 16.5 Å². The van der Waals surface area contributed by atoms with E-state index < -0.39 is 10.8 Å². The van der Waals surface area contributed by atoms with E-state index in [2.05, 4.69) is 15.6 Å². The number of nitrogens with one attached hydrogen (secondary N) is 2. The number of hydrogen-bond donors (Lipinski definition) is 2. The Balaban J connectivity index is 1.72. The van der Waals surface area contributed by atoms with Crippen LogP contribution >= 0.6 is 22.7 Å². The van der Waals surface area contributed by atoms with Gasteiger partial charge in [0.1, 0.15) is 0 Å². The fraction of sp³-hybridized carbons (Fsp3) is 0.118. The molecule has 3 aromatic rings. The molecule has 0 aliphatic carbocycles. The molecule has 10 heteroatoms. The molecule has 2 aromatic heterocycles. The van der Waals surface area contributed by atoms with Gasteiger partial charge in [-0.2, -0.15) is 0 Å². The number of aryl methyl sites for hydroxylation is 1. The lowest BCUT2D eigenvalue weighted by Gasteiger charge is -2.02. The van der Waals surface area contributed by atoms with Crippen LogP contribution in [-0.4, -0.2) is 21.7 Å². The molecule has 2 N–H and O–H groups in total. The number of nitro groups is 1. The average molecular weight is 402 g/mol. The number of carbonyl (C=O) groups is 2. The summed E-state index contributed by atoms with van der Waals surface area (Å²) < 4.78 is 0. The summed E-state index contributed by atoms with van der Waals surface area (Å²) in [4.78, 5) is 38.9. The van der Waals surface area contributed by atoms with E-state index in [1.165, 1.54) is 24.3 Å². The lowest BCUT2D eigenvalue weighted by molar-refractivity contribution is -0.385. The molecule has 138 valence electrons. The van der Waals surface area contributed by atoms with Gasteiger partial charge in [0.2, 0.25) is 5.91 Å². The number of rotatable bonds is 5. The second-order valence-corrected chi connectivity index (χ2v) is 7.67. The number of nitrogens with zero attached hydrogens (tertiary/aromatic N) is 2. The van der Waals surface area contributed by atoms with Crippen LogP contribution in [0, 0.1) is 17.0 Å². The normalized spacial score (nSPS) is 10.4. The molecule has 0 aliphatic heterocycles. The predicted molar refractivity (Wildman–Crippen MR) is 106 cm³/mol. The SMILES string of the molecule is CC(=O)Nc1ccc(-c2csc(NC(=O)c3cc([N+](=O)[O-])c(C)s3)n2)cc1. The minimum absolute atomic E-state index is 0.0655. The van der Waals surface area contributed by atoms with E-state index in [4.69, 9.17) is 0 Å². The summed E-state index contributed by atoms with van der Waals surface area (Å²) in [6.07, 6.45) is 0. The van der Waals surface area contributed by atoms with Gasteiger partial charge in [0.15, 0.2) is 5.13 Å². The van der Waals surface area contributed by atoms with Gasteiger partial charge in [0.05, 0.1) is 20.4 Å². The largest absolute Gasteiger partial charge is 0.326 e. The Bertz CT molecular complexity index is 1020. The maximum Gasteiger partial charge on any atom is 0.283 e. The Morgan fingerprint density at radius 3 is 2.48 bits per heavy atom. The predicted octanol–water partition coefficient (Wildman–Crippen LogP) is 4.30. The first kappa shape index (κ1) is 18.7. The summed E-state index contributed by atoms with van der Waals surface area (Å²) in [5.41, 5.74) is 2.13. The Labute approximate surface area is 162 Å². The van der Waals surface area contributed by atoms with Gasteiger partial charge in [-0.15, -0.1) is 22.7 Å². The molecule has 0 atom stereocenters. The lowest BCUT2D eigenvalue weighted by Crippen LogP contribution is -2.09. The van der Waals surface area contributed by atoms with E-state index >= 15 is 0 Å². The van der Waals surface area contributed by atoms with Crippen LogP contribution in [0.3, 0.4) is 0 Å². The van der Waals surface area contributed by atoms with Crippen molar-refractivity contribution in [3.8, 4) is 11.3 Å². The van der Waals surface area contributed by atoms with Crippen molar-refractivity contribution in [1.29, 1.82) is 0 Å². The summed E-state index contributed by atoms with van der Waals surface area (Å²) in [7, 11) is 0. The van der Waals surface area contributed by atoms with Gasteiger partial charge in [-0.1, -0.05) is 12.1 Å². The van der Waals surface area contributed by atoms with Gasteiger partial charge in [-0.05, 0) is 19.1 Å². The highest BCUT2D eigenvalue weighted by Gasteiger charge is 2.20. The van der Waals surface area contributed by atoms with Crippen LogP contribution in [0.5, 0.6) is 0 Å². The quantitative estimate of drug-likeness (QED) is 0.488. The van der Waals surface area contributed by atoms with Gasteiger partial charge >= 0.3 is 0 Å². The van der Waals surface area contributed by atoms with Crippen LogP contribution in [0.2, 0.25) is 0 Å². The van der Waals surface area contributed by atoms with Crippen LogP contribution in [0.25, 0.3) is 11.3 Å². The lowest BCUT2D eigenvalue weighted by atomic mass is 10.1. The first-order valence-electron chi connectivity index (χ1n) is 7.73. The van der Waals surface area contributed by atoms with Gasteiger partial charge in [-0.25, -0.2) is 4.98 Å². The van der Waals surface area contributed by atoms with Gasteiger partial charge in [0.25, 0.3) is 11.6 Å². The Morgan fingerprint density at radius 1 is 1.19 bits per heavy atom. The highest BCUT2D eigenvalue weighted by Crippen LogP contribution is 2.30. The zero-order valence-corrected chi connectivity index (χ0v) is 15.9. The highest BCUT2D eigenvalue weighted by molar-refractivity contribution is 7.15. The molecular weight excluding hydrogens is 388 g/mol. The van der Waals surface area contributed by atoms with Crippen LogP contribution < -0.4 is 10.6 Å². The first-order valence-corrected chi connectivity index (χ1v) is 9.43. The molecule has 1 aromatic carbocycles. The summed E-state index contributed by atoms with van der Waals surface area (Å²) in [6, 6.07) is 8.43. The molecule has 2 heterocycles. The van der Waals surface area contributed by atoms with Gasteiger partial charge in [-0.3, -0.25) is 25.0 Å². The van der Waals surface area contributed by atoms with Crippen molar-refractivity contribution in [2.45, 2.75) is 13.8 Å². The molecule has 0 radical (unpaired) electrons. The Hall–Kier alpha value is -3.11. The summed E-state index contributed by atoms with van der Waals surface area (Å²) >= 11 is 2.33. The van der Waals surface area contributed by atoms with Crippen molar-refractivity contribution in [3.05, 3.63) is 55.6 Å². The first-order chi connectivity index (χ1) is 12.8. The number of amides is 2. The molecular formula is C17H14N4O4S2. The zero-order valence-electron chi connectivity index (χ0n) is 14.3. The number of anilines is 2. The fourth-order valence-electron chi connectivity index (χ4n) is 2.32. The smallest absolute Gasteiger partial charge is 0.283 e. The second kappa shape index (κ2) is 7.64. The molecule has 0 saturated heterocycles. The number of hydrogen-bond acceptors (Lipinski definition) is 7. The van der Waals surface area contributed by atoms with Crippen molar-refractivity contribution in [3.63, 3.8) is 0 Å². The Kier molecular flexibility index (Phi) is 5.28. The van der Waals surface area contributed by atoms with Gasteiger partial charge in [0, 0.05) is 29.6 Å². The van der Waals surface area contributed by atoms with Crippen LogP contribution in [0.15, 0.2) is 35.7 Å². The molecule has 0 fully saturated rings. The van der Waals surface area contributed by atoms with Crippen molar-refractivity contribution in [2.24, 2.45) is 0 Å². The van der Waals surface area contributed by atoms with E-state index in [9.17, 15) is 19.7 Å². The highest BCUT2D eigenvalue weighted by atomic mass is 32.1. The molecule has 3 rings (SSSR count). The molecule has 0 saturated carbocycles. The van der Waals surface area contributed by atoms with Crippen LogP contribution in [0.4, 0.5) is 16.5 Å². The maximum atomic E-state index is 12.3. The van der Waals surface area contributed by atoms with Crippen LogP contribution in [0.1, 0.15) is 21.5 Å². The van der Waals surface area contributed by atoms with Crippen LogP contribution in [-0.2, 0) is 4.79 Å². The van der Waals surface area contributed by atoms with E-state index in [1.807, 2.05) is 12.1 Å². The molecule has 8 nitrogen and oxygen atoms in total. The molecule has 0 aliphatic rings. The average Bonchev–Trinajstić information content (AvgIpc) is 3.22. The third-order valence-corrected chi connectivity index (χ3v) is 5.33. The monoisotopic (exact) mass is 402 g/mol. The number of aromatic nitrogens is 1. The third kappa shape index (κ3) is 4.36. The zero-order chi connectivity index (χ0) is 19.6. The topological polar surface area (TPSA) is 114 Å². The van der Waals surface area contributed by atoms with Crippen molar-refractivity contribution in [1.82, 2.24) is 4.98 Å². The second-order valence-electron chi connectivity index (χ2n) is 5.56. The van der Waals surface area contributed by atoms with Crippen molar-refractivity contribution < 1.29 is 14.5 Å². The number of thiazole rings is 1. The molecule has 0 bridgehead atoms. The van der Waals surface area contributed by atoms with E-state index in [0.29, 0.717) is 21.4 Å². The molecule has 0 spiro atoms. The maximum absolute atomic E-state index is 12.3. The van der Waals surface area contributed by atoms with Gasteiger partial charge < -0.3 is 5.32 Å². The summed E-state index contributed by atoms with van der Waals surface area (Å²) in [5.74, 6) is -0.580.